The van der Waals surface area contributed by atoms with Crippen molar-refractivity contribution in [2.24, 2.45) is 0 Å². The summed E-state index contributed by atoms with van der Waals surface area (Å²) in [5.41, 5.74) is 3.07. The van der Waals surface area contributed by atoms with Crippen LogP contribution in [-0.2, 0) is 6.42 Å². The summed E-state index contributed by atoms with van der Waals surface area (Å²) < 4.78 is 0. The van der Waals surface area contributed by atoms with Crippen molar-refractivity contribution >= 4 is 5.91 Å². The SMILES string of the molecule is [CH2]c1ccc(C(=O)N2CCN(CCc3ccccc3)CC2)cc1. The summed E-state index contributed by atoms with van der Waals surface area (Å²) in [5, 5.41) is 0. The van der Waals surface area contributed by atoms with Gasteiger partial charge in [0.2, 0.25) is 0 Å². The number of carbonyl (C=O) groups excluding carboxylic acids is 1. The second-order valence-corrected chi connectivity index (χ2v) is 6.07. The van der Waals surface area contributed by atoms with Crippen molar-refractivity contribution in [3.8, 4) is 0 Å². The van der Waals surface area contributed by atoms with Gasteiger partial charge in [0, 0.05) is 38.3 Å². The molecule has 0 N–H and O–H groups in total. The van der Waals surface area contributed by atoms with E-state index in [0.29, 0.717) is 0 Å². The highest BCUT2D eigenvalue weighted by molar-refractivity contribution is 5.94. The van der Waals surface area contributed by atoms with Gasteiger partial charge in [0.05, 0.1) is 0 Å². The van der Waals surface area contributed by atoms with E-state index in [1.807, 2.05) is 29.2 Å². The Labute approximate surface area is 138 Å². The molecular weight excluding hydrogens is 284 g/mol. The van der Waals surface area contributed by atoms with Crippen LogP contribution in [0, 0.1) is 6.92 Å². The maximum absolute atomic E-state index is 12.5. The Kier molecular flexibility index (Phi) is 5.09. The summed E-state index contributed by atoms with van der Waals surface area (Å²) in [4.78, 5) is 16.9. The summed E-state index contributed by atoms with van der Waals surface area (Å²) in [6.45, 7) is 8.43. The molecule has 0 bridgehead atoms. The van der Waals surface area contributed by atoms with Gasteiger partial charge in [0.25, 0.3) is 5.91 Å². The van der Waals surface area contributed by atoms with Gasteiger partial charge in [-0.1, -0.05) is 42.5 Å². The Hall–Kier alpha value is -2.13. The number of nitrogens with zero attached hydrogens (tertiary/aromatic N) is 2. The number of hydrogen-bond donors (Lipinski definition) is 0. The second-order valence-electron chi connectivity index (χ2n) is 6.07. The van der Waals surface area contributed by atoms with Crippen LogP contribution in [0.15, 0.2) is 54.6 Å². The minimum atomic E-state index is 0.132. The first-order chi connectivity index (χ1) is 11.2. The summed E-state index contributed by atoms with van der Waals surface area (Å²) >= 11 is 0. The van der Waals surface area contributed by atoms with Crippen molar-refractivity contribution in [2.75, 3.05) is 32.7 Å². The lowest BCUT2D eigenvalue weighted by atomic mass is 10.1. The molecule has 1 saturated heterocycles. The highest BCUT2D eigenvalue weighted by atomic mass is 16.2. The lowest BCUT2D eigenvalue weighted by Gasteiger charge is -2.34. The van der Waals surface area contributed by atoms with E-state index in [4.69, 9.17) is 0 Å². The van der Waals surface area contributed by atoms with Gasteiger partial charge in [-0.15, -0.1) is 0 Å². The lowest BCUT2D eigenvalue weighted by molar-refractivity contribution is 0.0638. The maximum Gasteiger partial charge on any atom is 0.253 e. The van der Waals surface area contributed by atoms with Gasteiger partial charge >= 0.3 is 0 Å². The fraction of sp³-hybridized carbons (Fsp3) is 0.300. The molecule has 119 valence electrons. The molecule has 0 spiro atoms. The molecule has 0 atom stereocenters. The number of carbonyl (C=O) groups is 1. The van der Waals surface area contributed by atoms with E-state index >= 15 is 0 Å². The predicted octanol–water partition coefficient (Wildman–Crippen LogP) is 2.87. The molecule has 0 unspecified atom stereocenters. The van der Waals surface area contributed by atoms with E-state index < -0.39 is 0 Å². The van der Waals surface area contributed by atoms with Crippen molar-refractivity contribution in [3.05, 3.63) is 78.2 Å². The van der Waals surface area contributed by atoms with E-state index in [-0.39, 0.29) is 5.91 Å². The summed E-state index contributed by atoms with van der Waals surface area (Å²) in [5.74, 6) is 0.132. The van der Waals surface area contributed by atoms with Gasteiger partial charge in [-0.2, -0.15) is 0 Å². The molecule has 0 aromatic heterocycles. The van der Waals surface area contributed by atoms with Crippen LogP contribution in [-0.4, -0.2) is 48.4 Å². The zero-order chi connectivity index (χ0) is 16.1. The Bertz CT molecular complexity index is 628. The van der Waals surface area contributed by atoms with Gasteiger partial charge in [-0.25, -0.2) is 0 Å². The summed E-state index contributed by atoms with van der Waals surface area (Å²) in [6.07, 6.45) is 1.07. The van der Waals surface area contributed by atoms with Gasteiger partial charge in [-0.05, 0) is 36.6 Å². The van der Waals surface area contributed by atoms with E-state index in [0.717, 1.165) is 50.3 Å². The molecule has 3 rings (SSSR count). The highest BCUT2D eigenvalue weighted by Gasteiger charge is 2.21. The molecule has 0 saturated carbocycles. The van der Waals surface area contributed by atoms with Crippen LogP contribution in [0.1, 0.15) is 21.5 Å². The molecule has 1 radical (unpaired) electrons. The third-order valence-electron chi connectivity index (χ3n) is 4.42. The monoisotopic (exact) mass is 307 g/mol. The molecule has 2 aromatic rings. The zero-order valence-electron chi connectivity index (χ0n) is 13.4. The van der Waals surface area contributed by atoms with Crippen LogP contribution in [0.25, 0.3) is 0 Å². The van der Waals surface area contributed by atoms with Crippen LogP contribution in [0.3, 0.4) is 0 Å². The van der Waals surface area contributed by atoms with Crippen molar-refractivity contribution in [2.45, 2.75) is 6.42 Å². The van der Waals surface area contributed by atoms with E-state index in [1.54, 1.807) is 0 Å². The standard InChI is InChI=1S/C20H23N2O/c1-17-7-9-19(10-8-17)20(23)22-15-13-21(14-16-22)12-11-18-5-3-2-4-6-18/h2-10H,1,11-16H2. The third-order valence-corrected chi connectivity index (χ3v) is 4.42. The number of amides is 1. The van der Waals surface area contributed by atoms with E-state index in [2.05, 4.69) is 42.2 Å². The van der Waals surface area contributed by atoms with Crippen LogP contribution in [0.4, 0.5) is 0 Å². The predicted molar refractivity (Wildman–Crippen MR) is 93.4 cm³/mol. The Morgan fingerprint density at radius 3 is 2.22 bits per heavy atom. The first kappa shape index (κ1) is 15.8. The Morgan fingerprint density at radius 1 is 0.913 bits per heavy atom. The first-order valence-corrected chi connectivity index (χ1v) is 8.20. The molecule has 23 heavy (non-hydrogen) atoms. The third kappa shape index (κ3) is 4.20. The number of rotatable bonds is 4. The largest absolute Gasteiger partial charge is 0.336 e. The van der Waals surface area contributed by atoms with Gasteiger partial charge < -0.3 is 4.90 Å². The minimum absolute atomic E-state index is 0.132. The fourth-order valence-electron chi connectivity index (χ4n) is 2.94. The molecule has 1 aliphatic heterocycles. The molecular formula is C20H23N2O. The molecule has 2 aromatic carbocycles. The smallest absolute Gasteiger partial charge is 0.253 e. The normalized spacial score (nSPS) is 15.6. The summed E-state index contributed by atoms with van der Waals surface area (Å²) in [6, 6.07) is 18.1. The van der Waals surface area contributed by atoms with Crippen molar-refractivity contribution < 1.29 is 4.79 Å². The van der Waals surface area contributed by atoms with Crippen LogP contribution < -0.4 is 0 Å². The fourth-order valence-corrected chi connectivity index (χ4v) is 2.94. The van der Waals surface area contributed by atoms with Crippen molar-refractivity contribution in [1.82, 2.24) is 9.80 Å². The van der Waals surface area contributed by atoms with Gasteiger partial charge in [0.1, 0.15) is 0 Å². The van der Waals surface area contributed by atoms with E-state index in [9.17, 15) is 4.79 Å². The Morgan fingerprint density at radius 2 is 1.57 bits per heavy atom. The number of benzene rings is 2. The van der Waals surface area contributed by atoms with Crippen LogP contribution >= 0.6 is 0 Å². The highest BCUT2D eigenvalue weighted by Crippen LogP contribution is 2.11. The molecule has 3 nitrogen and oxygen atoms in total. The summed E-state index contributed by atoms with van der Waals surface area (Å²) in [7, 11) is 0. The lowest BCUT2D eigenvalue weighted by Crippen LogP contribution is -2.49. The van der Waals surface area contributed by atoms with E-state index in [1.165, 1.54) is 5.56 Å². The zero-order valence-corrected chi connectivity index (χ0v) is 13.4. The topological polar surface area (TPSA) is 23.6 Å². The first-order valence-electron chi connectivity index (χ1n) is 8.20. The van der Waals surface area contributed by atoms with Gasteiger partial charge in [0.15, 0.2) is 0 Å². The minimum Gasteiger partial charge on any atom is -0.336 e. The van der Waals surface area contributed by atoms with Crippen LogP contribution in [0.2, 0.25) is 0 Å². The molecule has 1 amide bonds. The number of hydrogen-bond acceptors (Lipinski definition) is 2. The molecule has 3 heteroatoms. The van der Waals surface area contributed by atoms with Gasteiger partial charge in [-0.3, -0.25) is 9.69 Å². The maximum atomic E-state index is 12.5. The molecule has 1 heterocycles. The average Bonchev–Trinajstić information content (AvgIpc) is 2.61. The molecule has 1 aliphatic rings. The van der Waals surface area contributed by atoms with Crippen LogP contribution in [0.5, 0.6) is 0 Å². The van der Waals surface area contributed by atoms with Crippen molar-refractivity contribution in [3.63, 3.8) is 0 Å². The second kappa shape index (κ2) is 7.42. The molecule has 0 aliphatic carbocycles. The average molecular weight is 307 g/mol. The number of piperazine rings is 1. The molecule has 1 fully saturated rings. The quantitative estimate of drug-likeness (QED) is 0.867. The van der Waals surface area contributed by atoms with Crippen molar-refractivity contribution in [1.29, 1.82) is 0 Å². The Balaban J connectivity index is 1.48.